The van der Waals surface area contributed by atoms with Crippen molar-refractivity contribution in [3.8, 4) is 0 Å². The molecule has 0 amide bonds. The van der Waals surface area contributed by atoms with Crippen molar-refractivity contribution >= 4 is 22.3 Å². The van der Waals surface area contributed by atoms with Crippen LogP contribution in [0.4, 0.5) is 24.7 Å². The zero-order valence-electron chi connectivity index (χ0n) is 19.7. The number of halogens is 3. The fourth-order valence-corrected chi connectivity index (χ4v) is 5.64. The number of nitrogens with one attached hydrogen (secondary N) is 1. The molecule has 8 heteroatoms. The smallest absolute Gasteiger partial charge is 0.371 e. The Morgan fingerprint density at radius 3 is 2.68 bits per heavy atom. The van der Waals surface area contributed by atoms with Crippen LogP contribution in [0.15, 0.2) is 42.6 Å². The Kier molecular flexibility index (Phi) is 5.88. The van der Waals surface area contributed by atoms with Crippen molar-refractivity contribution in [3.05, 3.63) is 59.3 Å². The molecule has 3 aromatic rings. The average molecular weight is 470 g/mol. The minimum absolute atomic E-state index is 0.230. The van der Waals surface area contributed by atoms with E-state index in [2.05, 4.69) is 50.6 Å². The van der Waals surface area contributed by atoms with Crippen LogP contribution in [0.2, 0.25) is 0 Å². The van der Waals surface area contributed by atoms with E-state index in [1.807, 2.05) is 6.92 Å². The third-order valence-electron chi connectivity index (χ3n) is 7.52. The normalized spacial score (nSPS) is 22.1. The SMILES string of the molecule is Cc1c(C(C)Nc2nncc3ccc(N4CC5CCN(C)CC5C4)cc23)cccc1C(F)(F)F. The lowest BCUT2D eigenvalue weighted by Crippen LogP contribution is -2.37. The second-order valence-corrected chi connectivity index (χ2v) is 9.82. The van der Waals surface area contributed by atoms with Crippen LogP contribution < -0.4 is 10.2 Å². The van der Waals surface area contributed by atoms with E-state index in [1.54, 1.807) is 12.3 Å². The van der Waals surface area contributed by atoms with E-state index in [1.165, 1.54) is 19.4 Å². The van der Waals surface area contributed by atoms with E-state index < -0.39 is 11.7 Å². The van der Waals surface area contributed by atoms with E-state index in [-0.39, 0.29) is 11.6 Å². The Morgan fingerprint density at radius 2 is 1.88 bits per heavy atom. The van der Waals surface area contributed by atoms with E-state index in [9.17, 15) is 13.2 Å². The molecule has 1 aromatic heterocycles. The highest BCUT2D eigenvalue weighted by molar-refractivity contribution is 5.93. The molecule has 1 N–H and O–H groups in total. The van der Waals surface area contributed by atoms with Crippen LogP contribution >= 0.6 is 0 Å². The fourth-order valence-electron chi connectivity index (χ4n) is 5.64. The van der Waals surface area contributed by atoms with Crippen LogP contribution in [0, 0.1) is 18.8 Å². The van der Waals surface area contributed by atoms with Gasteiger partial charge < -0.3 is 15.1 Å². The molecule has 2 fully saturated rings. The molecule has 2 aliphatic rings. The van der Waals surface area contributed by atoms with Crippen molar-refractivity contribution in [2.24, 2.45) is 11.8 Å². The van der Waals surface area contributed by atoms with Crippen molar-refractivity contribution in [1.82, 2.24) is 15.1 Å². The maximum absolute atomic E-state index is 13.4. The Morgan fingerprint density at radius 1 is 1.09 bits per heavy atom. The van der Waals surface area contributed by atoms with Gasteiger partial charge in [-0.1, -0.05) is 18.2 Å². The highest BCUT2D eigenvalue weighted by Crippen LogP contribution is 2.37. The van der Waals surface area contributed by atoms with Crippen LogP contribution in [0.3, 0.4) is 0 Å². The molecule has 2 saturated heterocycles. The number of anilines is 2. The van der Waals surface area contributed by atoms with Gasteiger partial charge >= 0.3 is 6.18 Å². The Labute approximate surface area is 198 Å². The monoisotopic (exact) mass is 469 g/mol. The minimum Gasteiger partial charge on any atom is -0.371 e. The first kappa shape index (κ1) is 22.9. The van der Waals surface area contributed by atoms with Gasteiger partial charge in [-0.25, -0.2) is 0 Å². The van der Waals surface area contributed by atoms with Gasteiger partial charge in [0.1, 0.15) is 0 Å². The molecule has 0 saturated carbocycles. The summed E-state index contributed by atoms with van der Waals surface area (Å²) in [4.78, 5) is 4.87. The van der Waals surface area contributed by atoms with E-state index in [0.29, 0.717) is 17.3 Å². The van der Waals surface area contributed by atoms with E-state index in [4.69, 9.17) is 0 Å². The molecular weight excluding hydrogens is 439 g/mol. The number of nitrogens with zero attached hydrogens (tertiary/aromatic N) is 4. The summed E-state index contributed by atoms with van der Waals surface area (Å²) in [6, 6.07) is 10.3. The summed E-state index contributed by atoms with van der Waals surface area (Å²) < 4.78 is 40.2. The molecule has 5 nitrogen and oxygen atoms in total. The third kappa shape index (κ3) is 4.31. The van der Waals surface area contributed by atoms with E-state index in [0.717, 1.165) is 54.6 Å². The first-order valence-corrected chi connectivity index (χ1v) is 11.8. The van der Waals surface area contributed by atoms with Crippen LogP contribution in [0.5, 0.6) is 0 Å². The summed E-state index contributed by atoms with van der Waals surface area (Å²) in [5.41, 5.74) is 1.38. The molecule has 180 valence electrons. The molecule has 0 radical (unpaired) electrons. The minimum atomic E-state index is -4.38. The van der Waals surface area contributed by atoms with Gasteiger partial charge in [-0.2, -0.15) is 18.3 Å². The quantitative estimate of drug-likeness (QED) is 0.545. The molecule has 3 atom stereocenters. The maximum atomic E-state index is 13.4. The second kappa shape index (κ2) is 8.73. The Bertz CT molecular complexity index is 1190. The zero-order chi connectivity index (χ0) is 24.0. The summed E-state index contributed by atoms with van der Waals surface area (Å²) >= 11 is 0. The highest BCUT2D eigenvalue weighted by Gasteiger charge is 2.36. The second-order valence-electron chi connectivity index (χ2n) is 9.82. The summed E-state index contributed by atoms with van der Waals surface area (Å²) in [5.74, 6) is 2.00. The van der Waals surface area contributed by atoms with Gasteiger partial charge in [0.25, 0.3) is 0 Å². The summed E-state index contributed by atoms with van der Waals surface area (Å²) in [6.45, 7) is 7.78. The van der Waals surface area contributed by atoms with Gasteiger partial charge in [0, 0.05) is 36.1 Å². The summed E-state index contributed by atoms with van der Waals surface area (Å²) in [6.07, 6.45) is -1.42. The van der Waals surface area contributed by atoms with Gasteiger partial charge in [0.15, 0.2) is 5.82 Å². The molecule has 2 aliphatic heterocycles. The standard InChI is InChI=1S/C26H30F3N5/c1-16-22(5-4-6-24(16)26(27,28)29)17(2)31-25-23-11-21(8-7-18(23)12-30-32-25)34-14-19-9-10-33(3)13-20(19)15-34/h4-8,11-12,17,19-20H,9-10,13-15H2,1-3H3,(H,31,32). The van der Waals surface area contributed by atoms with Gasteiger partial charge in [0.2, 0.25) is 0 Å². The van der Waals surface area contributed by atoms with Crippen LogP contribution in [-0.4, -0.2) is 48.3 Å². The molecule has 2 aromatic carbocycles. The van der Waals surface area contributed by atoms with Crippen molar-refractivity contribution in [2.45, 2.75) is 32.5 Å². The number of likely N-dealkylation sites (tertiary alicyclic amines) is 1. The molecule has 0 bridgehead atoms. The summed E-state index contributed by atoms with van der Waals surface area (Å²) in [5, 5.41) is 13.6. The fraction of sp³-hybridized carbons (Fsp3) is 0.462. The van der Waals surface area contributed by atoms with Crippen LogP contribution in [0.1, 0.15) is 36.1 Å². The number of rotatable bonds is 4. The molecule has 5 rings (SSSR count). The number of hydrogen-bond donors (Lipinski definition) is 1. The molecular formula is C26H30F3N5. The van der Waals surface area contributed by atoms with Gasteiger partial charge in [0.05, 0.1) is 17.8 Å². The van der Waals surface area contributed by atoms with E-state index >= 15 is 0 Å². The van der Waals surface area contributed by atoms with Crippen molar-refractivity contribution in [3.63, 3.8) is 0 Å². The van der Waals surface area contributed by atoms with Crippen molar-refractivity contribution < 1.29 is 13.2 Å². The molecule has 34 heavy (non-hydrogen) atoms. The van der Waals surface area contributed by atoms with Crippen molar-refractivity contribution in [2.75, 3.05) is 43.4 Å². The highest BCUT2D eigenvalue weighted by atomic mass is 19.4. The Hall–Kier alpha value is -2.87. The average Bonchev–Trinajstić information content (AvgIpc) is 3.21. The summed E-state index contributed by atoms with van der Waals surface area (Å²) in [7, 11) is 2.19. The maximum Gasteiger partial charge on any atom is 0.416 e. The third-order valence-corrected chi connectivity index (χ3v) is 7.52. The number of fused-ring (bicyclic) bond motifs is 2. The molecule has 3 heterocycles. The first-order chi connectivity index (χ1) is 16.2. The molecule has 0 aliphatic carbocycles. The number of piperidine rings is 1. The number of benzene rings is 2. The number of aromatic nitrogens is 2. The number of alkyl halides is 3. The lowest BCUT2D eigenvalue weighted by atomic mass is 9.89. The zero-order valence-corrected chi connectivity index (χ0v) is 19.7. The lowest BCUT2D eigenvalue weighted by Gasteiger charge is -2.31. The Balaban J connectivity index is 1.42. The largest absolute Gasteiger partial charge is 0.416 e. The number of hydrogen-bond acceptors (Lipinski definition) is 5. The predicted octanol–water partition coefficient (Wildman–Crippen LogP) is 5.52. The van der Waals surface area contributed by atoms with Gasteiger partial charge in [-0.05, 0) is 75.0 Å². The van der Waals surface area contributed by atoms with Gasteiger partial charge in [-0.3, -0.25) is 0 Å². The van der Waals surface area contributed by atoms with Crippen LogP contribution in [0.25, 0.3) is 10.8 Å². The van der Waals surface area contributed by atoms with Gasteiger partial charge in [-0.15, -0.1) is 5.10 Å². The van der Waals surface area contributed by atoms with Crippen molar-refractivity contribution in [1.29, 1.82) is 0 Å². The topological polar surface area (TPSA) is 44.3 Å². The first-order valence-electron chi connectivity index (χ1n) is 11.8. The predicted molar refractivity (Wildman–Crippen MR) is 129 cm³/mol. The molecule has 3 unspecified atom stereocenters. The van der Waals surface area contributed by atoms with Crippen LogP contribution in [-0.2, 0) is 6.18 Å². The lowest BCUT2D eigenvalue weighted by molar-refractivity contribution is -0.138. The molecule has 0 spiro atoms.